The minimum absolute atomic E-state index is 0.0258. The molecule has 0 saturated carbocycles. The maximum atomic E-state index is 11.4. The first-order valence-corrected chi connectivity index (χ1v) is 6.41. The summed E-state index contributed by atoms with van der Waals surface area (Å²) in [4.78, 5) is 11.4. The zero-order valence-corrected chi connectivity index (χ0v) is 11.9. The van der Waals surface area contributed by atoms with Crippen LogP contribution in [0.5, 0.6) is 5.75 Å². The maximum Gasteiger partial charge on any atom is 0.315 e. The second-order valence-corrected chi connectivity index (χ2v) is 4.50. The van der Waals surface area contributed by atoms with Gasteiger partial charge in [-0.1, -0.05) is 11.6 Å². The molecule has 0 heterocycles. The van der Waals surface area contributed by atoms with Crippen molar-refractivity contribution in [3.8, 4) is 5.75 Å². The van der Waals surface area contributed by atoms with Gasteiger partial charge in [0.05, 0.1) is 19.2 Å². The Labute approximate surface area is 118 Å². The van der Waals surface area contributed by atoms with Crippen LogP contribution in [0, 0.1) is 0 Å². The first-order chi connectivity index (χ1) is 9.11. The molecule has 0 aliphatic heterocycles. The monoisotopic (exact) mass is 286 g/mol. The third-order valence-electron chi connectivity index (χ3n) is 2.26. The van der Waals surface area contributed by atoms with E-state index in [0.29, 0.717) is 24.8 Å². The number of hydrogen-bond acceptors (Lipinski definition) is 3. The lowest BCUT2D eigenvalue weighted by molar-refractivity contribution is 0.170. The molecular formula is C13H19ClN2O3. The molecule has 0 radical (unpaired) electrons. The van der Waals surface area contributed by atoms with E-state index in [1.807, 2.05) is 6.92 Å². The Morgan fingerprint density at radius 1 is 1.37 bits per heavy atom. The number of amides is 2. The molecule has 6 heteroatoms. The summed E-state index contributed by atoms with van der Waals surface area (Å²) >= 11 is 5.76. The maximum absolute atomic E-state index is 11.4. The first kappa shape index (κ1) is 15.6. The summed E-state index contributed by atoms with van der Waals surface area (Å²) in [5.74, 6) is 0.722. The zero-order chi connectivity index (χ0) is 14.1. The Morgan fingerprint density at radius 3 is 2.68 bits per heavy atom. The van der Waals surface area contributed by atoms with E-state index in [1.54, 1.807) is 31.4 Å². The van der Waals surface area contributed by atoms with Crippen molar-refractivity contribution in [2.75, 3.05) is 26.9 Å². The van der Waals surface area contributed by atoms with Gasteiger partial charge in [0, 0.05) is 12.1 Å². The summed E-state index contributed by atoms with van der Waals surface area (Å²) in [5, 5.41) is 6.10. The Morgan fingerprint density at radius 2 is 2.05 bits per heavy atom. The Bertz CT molecular complexity index is 384. The third kappa shape index (κ3) is 6.88. The van der Waals surface area contributed by atoms with Gasteiger partial charge in [-0.05, 0) is 31.2 Å². The molecule has 1 atom stereocenters. The lowest BCUT2D eigenvalue weighted by Gasteiger charge is -2.13. The number of halogens is 1. The van der Waals surface area contributed by atoms with Crippen LogP contribution in [0.4, 0.5) is 4.79 Å². The summed E-state index contributed by atoms with van der Waals surface area (Å²) in [5.41, 5.74) is 0. The van der Waals surface area contributed by atoms with Gasteiger partial charge in [0.25, 0.3) is 0 Å². The number of ether oxygens (including phenoxy) is 2. The highest BCUT2D eigenvalue weighted by Crippen LogP contribution is 2.14. The van der Waals surface area contributed by atoms with Gasteiger partial charge in [-0.15, -0.1) is 0 Å². The Hall–Kier alpha value is -1.46. The predicted octanol–water partition coefficient (Wildman–Crippen LogP) is 2.05. The topological polar surface area (TPSA) is 59.6 Å². The van der Waals surface area contributed by atoms with Crippen molar-refractivity contribution in [1.29, 1.82) is 0 Å². The van der Waals surface area contributed by atoms with Gasteiger partial charge in [-0.3, -0.25) is 0 Å². The fourth-order valence-corrected chi connectivity index (χ4v) is 1.56. The minimum atomic E-state index is -0.232. The van der Waals surface area contributed by atoms with Crippen molar-refractivity contribution >= 4 is 17.6 Å². The van der Waals surface area contributed by atoms with E-state index < -0.39 is 0 Å². The number of nitrogens with one attached hydrogen (secondary N) is 2. The number of rotatable bonds is 7. The van der Waals surface area contributed by atoms with Crippen molar-refractivity contribution in [3.05, 3.63) is 29.3 Å². The average Bonchev–Trinajstić information content (AvgIpc) is 2.37. The van der Waals surface area contributed by atoms with Crippen LogP contribution in [-0.4, -0.2) is 38.9 Å². The fourth-order valence-electron chi connectivity index (χ4n) is 1.43. The Balaban J connectivity index is 2.13. The van der Waals surface area contributed by atoms with E-state index in [0.717, 1.165) is 5.75 Å². The number of benzene rings is 1. The van der Waals surface area contributed by atoms with Gasteiger partial charge >= 0.3 is 6.03 Å². The molecule has 2 N–H and O–H groups in total. The summed E-state index contributed by atoms with van der Waals surface area (Å²) in [6.45, 7) is 3.17. The van der Waals surface area contributed by atoms with Crippen LogP contribution in [0.15, 0.2) is 24.3 Å². The molecule has 5 nitrogen and oxygen atoms in total. The van der Waals surface area contributed by atoms with Gasteiger partial charge in [-0.25, -0.2) is 4.79 Å². The molecular weight excluding hydrogens is 268 g/mol. The van der Waals surface area contributed by atoms with E-state index in [1.165, 1.54) is 0 Å². The smallest absolute Gasteiger partial charge is 0.315 e. The van der Waals surface area contributed by atoms with Crippen molar-refractivity contribution < 1.29 is 14.3 Å². The van der Waals surface area contributed by atoms with Crippen molar-refractivity contribution in [3.63, 3.8) is 0 Å². The second kappa shape index (κ2) is 8.61. The van der Waals surface area contributed by atoms with Gasteiger partial charge in [0.15, 0.2) is 0 Å². The lowest BCUT2D eigenvalue weighted by Crippen LogP contribution is -2.43. The molecule has 19 heavy (non-hydrogen) atoms. The molecule has 0 spiro atoms. The summed E-state index contributed by atoms with van der Waals surface area (Å²) in [6.07, 6.45) is 0. The van der Waals surface area contributed by atoms with Crippen LogP contribution in [0.1, 0.15) is 6.92 Å². The molecule has 0 aliphatic carbocycles. The van der Waals surface area contributed by atoms with E-state index >= 15 is 0 Å². The largest absolute Gasteiger partial charge is 0.492 e. The van der Waals surface area contributed by atoms with E-state index in [2.05, 4.69) is 10.6 Å². The number of urea groups is 1. The molecule has 2 amide bonds. The van der Waals surface area contributed by atoms with E-state index in [9.17, 15) is 4.79 Å². The second-order valence-electron chi connectivity index (χ2n) is 4.06. The van der Waals surface area contributed by atoms with Crippen LogP contribution in [0.25, 0.3) is 0 Å². The lowest BCUT2D eigenvalue weighted by atomic mass is 10.3. The summed E-state index contributed by atoms with van der Waals surface area (Å²) in [7, 11) is 1.59. The predicted molar refractivity (Wildman–Crippen MR) is 74.8 cm³/mol. The normalized spacial score (nSPS) is 11.7. The van der Waals surface area contributed by atoms with Crippen molar-refractivity contribution in [2.45, 2.75) is 13.0 Å². The summed E-state index contributed by atoms with van der Waals surface area (Å²) < 4.78 is 10.4. The SMILES string of the molecule is COCC(C)NC(=O)NCCOc1ccc(Cl)cc1. The Kier molecular flexibility index (Phi) is 7.07. The summed E-state index contributed by atoms with van der Waals surface area (Å²) in [6, 6.07) is 6.81. The highest BCUT2D eigenvalue weighted by Gasteiger charge is 2.05. The van der Waals surface area contributed by atoms with Crippen LogP contribution >= 0.6 is 11.6 Å². The molecule has 0 saturated heterocycles. The van der Waals surface area contributed by atoms with E-state index in [4.69, 9.17) is 21.1 Å². The molecule has 0 aliphatic rings. The molecule has 0 fully saturated rings. The first-order valence-electron chi connectivity index (χ1n) is 6.03. The molecule has 1 rings (SSSR count). The van der Waals surface area contributed by atoms with Gasteiger partial charge in [0.1, 0.15) is 12.4 Å². The van der Waals surface area contributed by atoms with Crippen molar-refractivity contribution in [1.82, 2.24) is 10.6 Å². The molecule has 1 aromatic rings. The number of methoxy groups -OCH3 is 1. The molecule has 1 unspecified atom stereocenters. The number of carbonyl (C=O) groups is 1. The zero-order valence-electron chi connectivity index (χ0n) is 11.1. The highest BCUT2D eigenvalue weighted by atomic mass is 35.5. The fraction of sp³-hybridized carbons (Fsp3) is 0.462. The number of hydrogen-bond donors (Lipinski definition) is 2. The van der Waals surface area contributed by atoms with Crippen LogP contribution in [0.2, 0.25) is 5.02 Å². The minimum Gasteiger partial charge on any atom is -0.492 e. The number of carbonyl (C=O) groups excluding carboxylic acids is 1. The average molecular weight is 287 g/mol. The van der Waals surface area contributed by atoms with E-state index in [-0.39, 0.29) is 12.1 Å². The van der Waals surface area contributed by atoms with Crippen molar-refractivity contribution in [2.24, 2.45) is 0 Å². The molecule has 0 aromatic heterocycles. The standard InChI is InChI=1S/C13H19ClN2O3/c1-10(9-18-2)16-13(17)15-7-8-19-12-5-3-11(14)4-6-12/h3-6,10H,7-9H2,1-2H3,(H2,15,16,17). The van der Waals surface area contributed by atoms with Gasteiger partial charge in [0.2, 0.25) is 0 Å². The van der Waals surface area contributed by atoms with Crippen LogP contribution in [-0.2, 0) is 4.74 Å². The third-order valence-corrected chi connectivity index (χ3v) is 2.52. The molecule has 1 aromatic carbocycles. The van der Waals surface area contributed by atoms with Gasteiger partial charge in [-0.2, -0.15) is 0 Å². The van der Waals surface area contributed by atoms with Crippen LogP contribution < -0.4 is 15.4 Å². The molecule has 0 bridgehead atoms. The highest BCUT2D eigenvalue weighted by molar-refractivity contribution is 6.30. The van der Waals surface area contributed by atoms with Crippen LogP contribution in [0.3, 0.4) is 0 Å². The quantitative estimate of drug-likeness (QED) is 0.754. The molecule has 106 valence electrons. The van der Waals surface area contributed by atoms with Gasteiger partial charge < -0.3 is 20.1 Å².